The van der Waals surface area contributed by atoms with Crippen molar-refractivity contribution in [1.82, 2.24) is 19.7 Å². The number of fused-ring (bicyclic) bond motifs is 1. The molecule has 2 heterocycles. The molecule has 2 aromatic heterocycles. The molecule has 124 valence electrons. The number of hydrogen-bond donors (Lipinski definition) is 1. The zero-order valence-electron chi connectivity index (χ0n) is 14.3. The molecular formula is C18H20N4O2. The second kappa shape index (κ2) is 5.96. The average molecular weight is 324 g/mol. The molecular weight excluding hydrogens is 304 g/mol. The number of aromatic amines is 1. The van der Waals surface area contributed by atoms with Crippen LogP contribution in [0.2, 0.25) is 0 Å². The van der Waals surface area contributed by atoms with Crippen LogP contribution in [0.4, 0.5) is 0 Å². The van der Waals surface area contributed by atoms with Crippen LogP contribution in [0.3, 0.4) is 0 Å². The fourth-order valence-corrected chi connectivity index (χ4v) is 2.96. The van der Waals surface area contributed by atoms with Gasteiger partial charge in [0.25, 0.3) is 5.91 Å². The molecule has 0 fully saturated rings. The lowest BCUT2D eigenvalue weighted by Gasteiger charge is -2.16. The molecule has 1 amide bonds. The third-order valence-corrected chi connectivity index (χ3v) is 4.09. The van der Waals surface area contributed by atoms with Gasteiger partial charge in [-0.2, -0.15) is 5.10 Å². The molecule has 0 aliphatic rings. The van der Waals surface area contributed by atoms with E-state index in [1.165, 1.54) is 11.1 Å². The Hall–Kier alpha value is -2.89. The fourth-order valence-electron chi connectivity index (χ4n) is 2.96. The first-order chi connectivity index (χ1) is 11.4. The van der Waals surface area contributed by atoms with Crippen LogP contribution in [0, 0.1) is 13.8 Å². The second-order valence-corrected chi connectivity index (χ2v) is 6.22. The van der Waals surface area contributed by atoms with E-state index in [-0.39, 0.29) is 16.9 Å². The van der Waals surface area contributed by atoms with Crippen LogP contribution in [-0.2, 0) is 13.6 Å². The van der Waals surface area contributed by atoms with Crippen LogP contribution in [0.1, 0.15) is 27.0 Å². The Labute approximate surface area is 139 Å². The molecule has 6 nitrogen and oxygen atoms in total. The molecule has 0 unspecified atom stereocenters. The Morgan fingerprint density at radius 1 is 1.33 bits per heavy atom. The van der Waals surface area contributed by atoms with Crippen LogP contribution in [0.5, 0.6) is 0 Å². The number of nitrogens with zero attached hydrogens (tertiary/aromatic N) is 3. The van der Waals surface area contributed by atoms with Crippen molar-refractivity contribution in [2.45, 2.75) is 20.4 Å². The van der Waals surface area contributed by atoms with E-state index in [0.29, 0.717) is 11.9 Å². The highest BCUT2D eigenvalue weighted by Crippen LogP contribution is 2.16. The number of amides is 1. The average Bonchev–Trinajstić information content (AvgIpc) is 2.92. The van der Waals surface area contributed by atoms with Crippen molar-refractivity contribution in [3.63, 3.8) is 0 Å². The molecule has 0 atom stereocenters. The summed E-state index contributed by atoms with van der Waals surface area (Å²) in [5.74, 6) is -0.304. The van der Waals surface area contributed by atoms with Crippen LogP contribution in [0.25, 0.3) is 10.9 Å². The van der Waals surface area contributed by atoms with Crippen LogP contribution in [-0.4, -0.2) is 32.6 Å². The minimum Gasteiger partial charge on any atom is -0.360 e. The van der Waals surface area contributed by atoms with Crippen LogP contribution in [0.15, 0.2) is 35.5 Å². The highest BCUT2D eigenvalue weighted by atomic mass is 16.2. The van der Waals surface area contributed by atoms with E-state index in [2.05, 4.69) is 10.1 Å². The van der Waals surface area contributed by atoms with Gasteiger partial charge in [-0.25, -0.2) is 0 Å². The first-order valence-electron chi connectivity index (χ1n) is 7.72. The molecule has 0 bridgehead atoms. The van der Waals surface area contributed by atoms with Gasteiger partial charge in [0.1, 0.15) is 5.56 Å². The number of H-pyrrole nitrogens is 1. The first-order valence-corrected chi connectivity index (χ1v) is 7.72. The number of rotatable bonds is 3. The number of hydrogen-bond acceptors (Lipinski definition) is 3. The minimum absolute atomic E-state index is 0.152. The van der Waals surface area contributed by atoms with Gasteiger partial charge in [0.15, 0.2) is 0 Å². The topological polar surface area (TPSA) is 71.0 Å². The zero-order chi connectivity index (χ0) is 17.4. The van der Waals surface area contributed by atoms with Gasteiger partial charge in [0, 0.05) is 44.0 Å². The Morgan fingerprint density at radius 2 is 2.08 bits per heavy atom. The van der Waals surface area contributed by atoms with E-state index in [1.807, 2.05) is 39.2 Å². The standard InChI is InChI=1S/C18H20N4O2/c1-11-5-12(2)16-14(6-11)17(23)15(8-19-16)18(24)21(3)9-13-7-20-22(4)10-13/h5-8,10H,9H2,1-4H3,(H,19,23). The SMILES string of the molecule is Cc1cc(C)c2[nH]cc(C(=O)N(C)Cc3cnn(C)c3)c(=O)c2c1. The van der Waals surface area contributed by atoms with Gasteiger partial charge in [-0.1, -0.05) is 6.07 Å². The van der Waals surface area contributed by atoms with E-state index in [0.717, 1.165) is 22.2 Å². The van der Waals surface area contributed by atoms with E-state index in [9.17, 15) is 9.59 Å². The summed E-state index contributed by atoms with van der Waals surface area (Å²) in [7, 11) is 3.50. The van der Waals surface area contributed by atoms with Gasteiger partial charge >= 0.3 is 0 Å². The van der Waals surface area contributed by atoms with Gasteiger partial charge < -0.3 is 9.88 Å². The zero-order valence-corrected chi connectivity index (χ0v) is 14.3. The van der Waals surface area contributed by atoms with Crippen molar-refractivity contribution in [3.05, 3.63) is 63.2 Å². The van der Waals surface area contributed by atoms with Crippen molar-refractivity contribution < 1.29 is 4.79 Å². The fraction of sp³-hybridized carbons (Fsp3) is 0.278. The smallest absolute Gasteiger partial charge is 0.259 e. The Bertz CT molecular complexity index is 984. The molecule has 0 spiro atoms. The number of carbonyl (C=O) groups excluding carboxylic acids is 1. The lowest BCUT2D eigenvalue weighted by molar-refractivity contribution is 0.0783. The van der Waals surface area contributed by atoms with Crippen molar-refractivity contribution in [2.75, 3.05) is 7.05 Å². The molecule has 0 aliphatic carbocycles. The molecule has 0 saturated heterocycles. The normalized spacial score (nSPS) is 11.0. The Balaban J connectivity index is 1.98. The van der Waals surface area contributed by atoms with Gasteiger partial charge in [0.2, 0.25) is 5.43 Å². The number of pyridine rings is 1. The van der Waals surface area contributed by atoms with Crippen LogP contribution < -0.4 is 5.43 Å². The van der Waals surface area contributed by atoms with Gasteiger partial charge in [0.05, 0.1) is 11.7 Å². The van der Waals surface area contributed by atoms with Crippen molar-refractivity contribution >= 4 is 16.8 Å². The Kier molecular flexibility index (Phi) is 3.97. The maximum absolute atomic E-state index is 12.8. The van der Waals surface area contributed by atoms with Crippen molar-refractivity contribution in [1.29, 1.82) is 0 Å². The summed E-state index contributed by atoms with van der Waals surface area (Å²) in [6.45, 7) is 4.28. The number of nitrogens with one attached hydrogen (secondary N) is 1. The predicted octanol–water partition coefficient (Wildman–Crippen LogP) is 2.15. The summed E-state index contributed by atoms with van der Waals surface area (Å²) in [4.78, 5) is 30.0. The van der Waals surface area contributed by atoms with Gasteiger partial charge in [-0.15, -0.1) is 0 Å². The van der Waals surface area contributed by atoms with Crippen LogP contribution >= 0.6 is 0 Å². The van der Waals surface area contributed by atoms with Crippen molar-refractivity contribution in [2.24, 2.45) is 7.05 Å². The molecule has 6 heteroatoms. The molecule has 1 aromatic carbocycles. The monoisotopic (exact) mass is 324 g/mol. The van der Waals surface area contributed by atoms with E-state index in [1.54, 1.807) is 17.9 Å². The van der Waals surface area contributed by atoms with E-state index in [4.69, 9.17) is 0 Å². The predicted molar refractivity (Wildman–Crippen MR) is 93.0 cm³/mol. The number of carbonyl (C=O) groups is 1. The number of aromatic nitrogens is 3. The maximum atomic E-state index is 12.8. The summed E-state index contributed by atoms with van der Waals surface area (Å²) < 4.78 is 1.68. The highest BCUT2D eigenvalue weighted by Gasteiger charge is 2.18. The summed E-state index contributed by atoms with van der Waals surface area (Å²) in [5.41, 5.74) is 3.59. The molecule has 3 rings (SSSR count). The molecule has 1 N–H and O–H groups in total. The lowest BCUT2D eigenvalue weighted by atomic mass is 10.0. The van der Waals surface area contributed by atoms with E-state index >= 15 is 0 Å². The largest absolute Gasteiger partial charge is 0.360 e. The number of aryl methyl sites for hydroxylation is 3. The molecule has 0 saturated carbocycles. The van der Waals surface area contributed by atoms with E-state index < -0.39 is 0 Å². The maximum Gasteiger partial charge on any atom is 0.259 e. The molecule has 3 aromatic rings. The minimum atomic E-state index is -0.304. The lowest BCUT2D eigenvalue weighted by Crippen LogP contribution is -2.30. The summed E-state index contributed by atoms with van der Waals surface area (Å²) in [6.07, 6.45) is 5.07. The number of benzene rings is 1. The second-order valence-electron chi connectivity index (χ2n) is 6.22. The summed E-state index contributed by atoms with van der Waals surface area (Å²) in [6, 6.07) is 3.83. The Morgan fingerprint density at radius 3 is 2.75 bits per heavy atom. The summed E-state index contributed by atoms with van der Waals surface area (Å²) >= 11 is 0. The molecule has 0 aliphatic heterocycles. The third-order valence-electron chi connectivity index (χ3n) is 4.09. The summed E-state index contributed by atoms with van der Waals surface area (Å²) in [5, 5.41) is 4.64. The van der Waals surface area contributed by atoms with Gasteiger partial charge in [-0.05, 0) is 31.0 Å². The highest BCUT2D eigenvalue weighted by molar-refractivity contribution is 5.97. The molecule has 0 radical (unpaired) electrons. The molecule has 24 heavy (non-hydrogen) atoms. The third kappa shape index (κ3) is 2.82. The van der Waals surface area contributed by atoms with Gasteiger partial charge in [-0.3, -0.25) is 14.3 Å². The van der Waals surface area contributed by atoms with Crippen molar-refractivity contribution in [3.8, 4) is 0 Å². The quantitative estimate of drug-likeness (QED) is 0.802. The first kappa shape index (κ1) is 16.0.